The fraction of sp³-hybridized carbons (Fsp3) is 0.417. The lowest BCUT2D eigenvalue weighted by Gasteiger charge is -2.13. The van der Waals surface area contributed by atoms with Crippen LogP contribution in [0.2, 0.25) is 0 Å². The van der Waals surface area contributed by atoms with Crippen LogP contribution in [0.1, 0.15) is 6.92 Å². The van der Waals surface area contributed by atoms with Crippen LogP contribution >= 0.6 is 11.6 Å². The Labute approximate surface area is 117 Å². The van der Waals surface area contributed by atoms with Crippen LogP contribution in [0.3, 0.4) is 0 Å². The van der Waals surface area contributed by atoms with E-state index in [1.807, 2.05) is 0 Å². The van der Waals surface area contributed by atoms with Crippen LogP contribution in [0.25, 0.3) is 0 Å². The molecule has 5 nitrogen and oxygen atoms in total. The van der Waals surface area contributed by atoms with Gasteiger partial charge in [0.05, 0.1) is 23.1 Å². The van der Waals surface area contributed by atoms with Crippen LogP contribution in [-0.4, -0.2) is 38.8 Å². The summed E-state index contributed by atoms with van der Waals surface area (Å²) in [5.41, 5.74) is 0.604. The van der Waals surface area contributed by atoms with E-state index >= 15 is 0 Å². The molecule has 0 saturated carbocycles. The zero-order valence-corrected chi connectivity index (χ0v) is 11.9. The molecule has 0 bridgehead atoms. The van der Waals surface area contributed by atoms with Gasteiger partial charge in [0.1, 0.15) is 6.10 Å². The van der Waals surface area contributed by atoms with Crippen molar-refractivity contribution in [3.63, 3.8) is 0 Å². The number of sulfone groups is 1. The second kappa shape index (κ2) is 5.38. The topological polar surface area (TPSA) is 63.7 Å². The third-order valence-corrected chi connectivity index (χ3v) is 5.03. The Balaban J connectivity index is 2.22. The summed E-state index contributed by atoms with van der Waals surface area (Å²) < 4.78 is 28.4. The predicted octanol–water partition coefficient (Wildman–Crippen LogP) is 2.04. The number of cyclic esters (lactones) is 1. The van der Waals surface area contributed by atoms with Gasteiger partial charge < -0.3 is 4.74 Å². The molecule has 1 saturated heterocycles. The first-order chi connectivity index (χ1) is 8.97. The molecule has 1 aromatic rings. The van der Waals surface area contributed by atoms with Crippen molar-refractivity contribution in [2.45, 2.75) is 17.9 Å². The van der Waals surface area contributed by atoms with Gasteiger partial charge in [-0.3, -0.25) is 4.90 Å². The van der Waals surface area contributed by atoms with Gasteiger partial charge in [0.25, 0.3) is 0 Å². The standard InChI is InChI=1S/C12H14ClNO4S/c1-2-19(16,17)11-5-3-9(4-6-11)14-8-10(7-13)18-12(14)15/h3-6,10H,2,7-8H2,1H3. The fourth-order valence-electron chi connectivity index (χ4n) is 1.81. The molecule has 1 aromatic carbocycles. The Morgan fingerprint density at radius 3 is 2.47 bits per heavy atom. The molecule has 1 atom stereocenters. The normalized spacial score (nSPS) is 19.6. The van der Waals surface area contributed by atoms with Crippen LogP contribution in [-0.2, 0) is 14.6 Å². The van der Waals surface area contributed by atoms with Gasteiger partial charge >= 0.3 is 6.09 Å². The zero-order chi connectivity index (χ0) is 14.0. The fourth-order valence-corrected chi connectivity index (χ4v) is 2.86. The number of carbonyl (C=O) groups is 1. The molecule has 1 heterocycles. The molecule has 2 rings (SSSR count). The molecule has 1 fully saturated rings. The highest BCUT2D eigenvalue weighted by molar-refractivity contribution is 7.91. The average Bonchev–Trinajstić information content (AvgIpc) is 2.80. The van der Waals surface area contributed by atoms with E-state index in [-0.39, 0.29) is 22.6 Å². The number of amides is 1. The predicted molar refractivity (Wildman–Crippen MR) is 72.5 cm³/mol. The molecule has 0 radical (unpaired) electrons. The van der Waals surface area contributed by atoms with E-state index in [1.165, 1.54) is 17.0 Å². The number of nitrogens with zero attached hydrogens (tertiary/aromatic N) is 1. The minimum atomic E-state index is -3.22. The van der Waals surface area contributed by atoms with Crippen LogP contribution in [0, 0.1) is 0 Å². The molecule has 0 aliphatic carbocycles. The van der Waals surface area contributed by atoms with Crippen molar-refractivity contribution in [3.05, 3.63) is 24.3 Å². The molecular weight excluding hydrogens is 290 g/mol. The highest BCUT2D eigenvalue weighted by Gasteiger charge is 2.31. The Hall–Kier alpha value is -1.27. The van der Waals surface area contributed by atoms with Crippen molar-refractivity contribution in [3.8, 4) is 0 Å². The lowest BCUT2D eigenvalue weighted by Crippen LogP contribution is -2.24. The number of ether oxygens (including phenoxy) is 1. The van der Waals surface area contributed by atoms with Crippen molar-refractivity contribution in [1.82, 2.24) is 0 Å². The van der Waals surface area contributed by atoms with E-state index in [1.54, 1.807) is 19.1 Å². The maximum Gasteiger partial charge on any atom is 0.414 e. The van der Waals surface area contributed by atoms with Gasteiger partial charge in [-0.2, -0.15) is 0 Å². The second-order valence-electron chi connectivity index (χ2n) is 4.17. The molecule has 19 heavy (non-hydrogen) atoms. The Morgan fingerprint density at radius 2 is 2.00 bits per heavy atom. The molecule has 104 valence electrons. The van der Waals surface area contributed by atoms with Crippen LogP contribution in [0.5, 0.6) is 0 Å². The number of halogens is 1. The van der Waals surface area contributed by atoms with Crippen molar-refractivity contribution in [1.29, 1.82) is 0 Å². The van der Waals surface area contributed by atoms with Gasteiger partial charge in [0.2, 0.25) is 0 Å². The third-order valence-electron chi connectivity index (χ3n) is 2.93. The summed E-state index contributed by atoms with van der Waals surface area (Å²) in [5, 5.41) is 0. The summed E-state index contributed by atoms with van der Waals surface area (Å²) in [6.07, 6.45) is -0.787. The Bertz CT molecular complexity index is 570. The van der Waals surface area contributed by atoms with E-state index in [9.17, 15) is 13.2 Å². The smallest absolute Gasteiger partial charge is 0.414 e. The molecule has 1 unspecified atom stereocenters. The van der Waals surface area contributed by atoms with Crippen molar-refractivity contribution < 1.29 is 17.9 Å². The number of carbonyl (C=O) groups excluding carboxylic acids is 1. The van der Waals surface area contributed by atoms with E-state index < -0.39 is 15.9 Å². The van der Waals surface area contributed by atoms with Crippen LogP contribution < -0.4 is 4.90 Å². The summed E-state index contributed by atoms with van der Waals surface area (Å²) >= 11 is 5.65. The lowest BCUT2D eigenvalue weighted by molar-refractivity contribution is 0.151. The van der Waals surface area contributed by atoms with E-state index in [2.05, 4.69) is 0 Å². The first-order valence-corrected chi connectivity index (χ1v) is 8.03. The highest BCUT2D eigenvalue weighted by Crippen LogP contribution is 2.24. The maximum atomic E-state index is 11.7. The number of hydrogen-bond acceptors (Lipinski definition) is 4. The molecular formula is C12H14ClNO4S. The monoisotopic (exact) mass is 303 g/mol. The van der Waals surface area contributed by atoms with Crippen LogP contribution in [0.15, 0.2) is 29.2 Å². The first-order valence-electron chi connectivity index (χ1n) is 5.85. The summed E-state index contributed by atoms with van der Waals surface area (Å²) in [4.78, 5) is 13.3. The summed E-state index contributed by atoms with van der Waals surface area (Å²) in [6.45, 7) is 1.97. The second-order valence-corrected chi connectivity index (χ2v) is 6.75. The summed E-state index contributed by atoms with van der Waals surface area (Å²) in [7, 11) is -3.22. The number of alkyl halides is 1. The summed E-state index contributed by atoms with van der Waals surface area (Å²) in [6, 6.07) is 6.19. The third kappa shape index (κ3) is 2.84. The lowest BCUT2D eigenvalue weighted by atomic mass is 10.3. The molecule has 0 aromatic heterocycles. The molecule has 1 aliphatic heterocycles. The van der Waals surface area contributed by atoms with Crippen molar-refractivity contribution >= 4 is 33.2 Å². The molecule has 0 spiro atoms. The van der Waals surface area contributed by atoms with Gasteiger partial charge in [-0.25, -0.2) is 13.2 Å². The van der Waals surface area contributed by atoms with Gasteiger partial charge in [-0.05, 0) is 24.3 Å². The van der Waals surface area contributed by atoms with E-state index in [0.29, 0.717) is 12.2 Å². The minimum absolute atomic E-state index is 0.0480. The number of hydrogen-bond donors (Lipinski definition) is 0. The number of benzene rings is 1. The Morgan fingerprint density at radius 1 is 1.37 bits per heavy atom. The van der Waals surface area contributed by atoms with E-state index in [4.69, 9.17) is 16.3 Å². The number of anilines is 1. The minimum Gasteiger partial charge on any atom is -0.443 e. The summed E-state index contributed by atoms with van der Waals surface area (Å²) in [5.74, 6) is 0.289. The van der Waals surface area contributed by atoms with Gasteiger partial charge in [-0.1, -0.05) is 6.92 Å². The Kier molecular flexibility index (Phi) is 4.01. The largest absolute Gasteiger partial charge is 0.443 e. The average molecular weight is 304 g/mol. The van der Waals surface area contributed by atoms with Crippen LogP contribution in [0.4, 0.5) is 10.5 Å². The number of rotatable bonds is 4. The molecule has 1 amide bonds. The van der Waals surface area contributed by atoms with Gasteiger partial charge in [-0.15, -0.1) is 11.6 Å². The SMILES string of the molecule is CCS(=O)(=O)c1ccc(N2CC(CCl)OC2=O)cc1. The first kappa shape index (κ1) is 14.1. The zero-order valence-electron chi connectivity index (χ0n) is 10.4. The van der Waals surface area contributed by atoms with E-state index in [0.717, 1.165) is 0 Å². The van der Waals surface area contributed by atoms with Gasteiger partial charge in [0, 0.05) is 5.69 Å². The molecule has 7 heteroatoms. The maximum absolute atomic E-state index is 11.7. The quantitative estimate of drug-likeness (QED) is 0.799. The van der Waals surface area contributed by atoms with Crippen molar-refractivity contribution in [2.75, 3.05) is 23.1 Å². The molecule has 1 aliphatic rings. The highest BCUT2D eigenvalue weighted by atomic mass is 35.5. The van der Waals surface area contributed by atoms with Crippen molar-refractivity contribution in [2.24, 2.45) is 0 Å². The van der Waals surface area contributed by atoms with Gasteiger partial charge in [0.15, 0.2) is 9.84 Å². The molecule has 0 N–H and O–H groups in total.